The molecule has 3 aromatic rings. The quantitative estimate of drug-likeness (QED) is 0.154. The van der Waals surface area contributed by atoms with Crippen molar-refractivity contribution in [3.63, 3.8) is 0 Å². The second-order valence-corrected chi connectivity index (χ2v) is 16.0. The van der Waals surface area contributed by atoms with Crippen molar-refractivity contribution in [3.8, 4) is 0 Å². The number of hydrogen-bond donors (Lipinski definition) is 0. The van der Waals surface area contributed by atoms with Crippen molar-refractivity contribution in [1.29, 1.82) is 0 Å². The summed E-state index contributed by atoms with van der Waals surface area (Å²) >= 11 is 0. The fourth-order valence-corrected chi connectivity index (χ4v) is 10.4. The molecule has 0 amide bonds. The average Bonchev–Trinajstić information content (AvgIpc) is 3.01. The van der Waals surface area contributed by atoms with E-state index in [1.165, 1.54) is 14.0 Å². The zero-order valence-corrected chi connectivity index (χ0v) is 26.8. The molecule has 230 valence electrons. The third-order valence-electron chi connectivity index (χ3n) is 7.70. The molecule has 7 nitrogen and oxygen atoms in total. The fourth-order valence-electron chi connectivity index (χ4n) is 5.82. The molecule has 0 radical (unpaired) electrons. The maximum atomic E-state index is 12.2. The van der Waals surface area contributed by atoms with Gasteiger partial charge >= 0.3 is 5.97 Å². The van der Waals surface area contributed by atoms with E-state index in [1.807, 2.05) is 42.5 Å². The van der Waals surface area contributed by atoms with E-state index in [0.29, 0.717) is 6.61 Å². The molecule has 3 aromatic carbocycles. The molecule has 8 heteroatoms. The summed E-state index contributed by atoms with van der Waals surface area (Å²) < 4.78 is 38.0. The van der Waals surface area contributed by atoms with Gasteiger partial charge in [0.1, 0.15) is 18.3 Å². The Morgan fingerprint density at radius 3 is 1.91 bits per heavy atom. The molecular formula is C35H44O7Si. The predicted octanol–water partition coefficient (Wildman–Crippen LogP) is 5.02. The SMILES string of the molecule is C=CCO[C@@H]1[C@H](OC(C)=O)[C@@H](OC)O[C@H](CO[Si](c2ccccc2)(c2ccccc2)C(C)(C)C)[C@H]1OCc1ccccc1. The molecule has 1 aliphatic rings. The van der Waals surface area contributed by atoms with Crippen molar-refractivity contribution in [3.05, 3.63) is 109 Å². The second-order valence-electron chi connectivity index (χ2n) is 11.7. The third kappa shape index (κ3) is 7.70. The number of methoxy groups -OCH3 is 1. The van der Waals surface area contributed by atoms with Crippen LogP contribution in [-0.2, 0) is 39.5 Å². The summed E-state index contributed by atoms with van der Waals surface area (Å²) in [6.07, 6.45) is -2.02. The lowest BCUT2D eigenvalue weighted by Crippen LogP contribution is -2.68. The molecule has 0 aliphatic carbocycles. The van der Waals surface area contributed by atoms with E-state index in [-0.39, 0.29) is 18.3 Å². The van der Waals surface area contributed by atoms with Crippen molar-refractivity contribution in [2.45, 2.75) is 70.0 Å². The molecule has 1 fully saturated rings. The molecule has 0 bridgehead atoms. The Morgan fingerprint density at radius 2 is 1.42 bits per heavy atom. The van der Waals surface area contributed by atoms with Gasteiger partial charge in [-0.25, -0.2) is 0 Å². The molecule has 1 heterocycles. The first-order valence-corrected chi connectivity index (χ1v) is 16.6. The van der Waals surface area contributed by atoms with Crippen molar-refractivity contribution in [2.24, 2.45) is 0 Å². The molecule has 0 saturated carbocycles. The first-order valence-electron chi connectivity index (χ1n) is 14.7. The number of carbonyl (C=O) groups excluding carboxylic acids is 1. The highest BCUT2D eigenvalue weighted by atomic mass is 28.4. The van der Waals surface area contributed by atoms with Crippen LogP contribution < -0.4 is 10.4 Å². The van der Waals surface area contributed by atoms with E-state index in [1.54, 1.807) is 6.08 Å². The standard InChI is InChI=1S/C35H44O7Si/c1-7-23-38-32-31(39-24-27-17-11-8-12-18-27)30(42-34(37-6)33(32)41-26(2)36)25-40-43(35(3,4)5,28-19-13-9-14-20-28)29-21-15-10-16-22-29/h7-22,30-34H,1,23-25H2,2-6H3/t30-,31-,32+,33+,34+/m1/s1. The Labute approximate surface area is 256 Å². The largest absolute Gasteiger partial charge is 0.454 e. The first kappa shape index (κ1) is 32.8. The smallest absolute Gasteiger partial charge is 0.303 e. The number of rotatable bonds is 13. The van der Waals surface area contributed by atoms with Gasteiger partial charge in [0, 0.05) is 14.0 Å². The number of carbonyl (C=O) groups is 1. The van der Waals surface area contributed by atoms with Gasteiger partial charge in [-0.3, -0.25) is 4.79 Å². The molecule has 43 heavy (non-hydrogen) atoms. The number of benzene rings is 3. The zero-order chi connectivity index (χ0) is 30.9. The van der Waals surface area contributed by atoms with Gasteiger partial charge in [0.2, 0.25) is 0 Å². The summed E-state index contributed by atoms with van der Waals surface area (Å²) in [4.78, 5) is 12.2. The van der Waals surface area contributed by atoms with Gasteiger partial charge in [-0.2, -0.15) is 0 Å². The number of hydrogen-bond acceptors (Lipinski definition) is 7. The highest BCUT2D eigenvalue weighted by Crippen LogP contribution is 2.38. The van der Waals surface area contributed by atoms with E-state index in [2.05, 4.69) is 75.9 Å². The van der Waals surface area contributed by atoms with Crippen LogP contribution >= 0.6 is 0 Å². The second kappa shape index (κ2) is 15.1. The zero-order valence-electron chi connectivity index (χ0n) is 25.8. The van der Waals surface area contributed by atoms with Crippen LogP contribution in [0.15, 0.2) is 104 Å². The topological polar surface area (TPSA) is 72.5 Å². The van der Waals surface area contributed by atoms with E-state index < -0.39 is 45.0 Å². The minimum atomic E-state index is -2.89. The molecule has 0 aromatic heterocycles. The monoisotopic (exact) mass is 604 g/mol. The van der Waals surface area contributed by atoms with Gasteiger partial charge in [-0.15, -0.1) is 6.58 Å². The molecule has 1 aliphatic heterocycles. The average molecular weight is 605 g/mol. The Hall–Kier alpha value is -3.11. The van der Waals surface area contributed by atoms with Crippen LogP contribution in [0.5, 0.6) is 0 Å². The fraction of sp³-hybridized carbons (Fsp3) is 0.400. The van der Waals surface area contributed by atoms with Crippen LogP contribution in [0.2, 0.25) is 5.04 Å². The van der Waals surface area contributed by atoms with E-state index in [9.17, 15) is 4.79 Å². The molecule has 0 spiro atoms. The van der Waals surface area contributed by atoms with Crippen molar-refractivity contribution in [2.75, 3.05) is 20.3 Å². The Bertz CT molecular complexity index is 1240. The van der Waals surface area contributed by atoms with Gasteiger partial charge in [0.25, 0.3) is 8.32 Å². The summed E-state index contributed by atoms with van der Waals surface area (Å²) in [5.41, 5.74) is 0.995. The van der Waals surface area contributed by atoms with Crippen LogP contribution in [-0.4, -0.2) is 65.3 Å². The Balaban J connectivity index is 1.75. The van der Waals surface area contributed by atoms with E-state index in [0.717, 1.165) is 15.9 Å². The molecule has 5 atom stereocenters. The van der Waals surface area contributed by atoms with Gasteiger partial charge in [-0.05, 0) is 21.0 Å². The molecule has 1 saturated heterocycles. The highest BCUT2D eigenvalue weighted by Gasteiger charge is 2.54. The molecule has 0 unspecified atom stereocenters. The van der Waals surface area contributed by atoms with Gasteiger partial charge in [-0.1, -0.05) is 118 Å². The molecule has 0 N–H and O–H groups in total. The Morgan fingerprint density at radius 1 is 0.860 bits per heavy atom. The van der Waals surface area contributed by atoms with Crippen molar-refractivity contribution < 1.29 is 32.9 Å². The van der Waals surface area contributed by atoms with Crippen LogP contribution in [0.4, 0.5) is 0 Å². The highest BCUT2D eigenvalue weighted by molar-refractivity contribution is 6.99. The van der Waals surface area contributed by atoms with Crippen LogP contribution in [0.1, 0.15) is 33.3 Å². The lowest BCUT2D eigenvalue weighted by molar-refractivity contribution is -0.310. The summed E-state index contributed by atoms with van der Waals surface area (Å²) in [5.74, 6) is -0.466. The van der Waals surface area contributed by atoms with Gasteiger partial charge in [0.05, 0.1) is 19.8 Å². The van der Waals surface area contributed by atoms with E-state index >= 15 is 0 Å². The Kier molecular flexibility index (Phi) is 11.5. The summed E-state index contributed by atoms with van der Waals surface area (Å²) in [6, 6.07) is 30.8. The minimum absolute atomic E-state index is 0.202. The first-order chi connectivity index (χ1) is 20.7. The lowest BCUT2D eigenvalue weighted by atomic mass is 9.98. The summed E-state index contributed by atoms with van der Waals surface area (Å²) in [7, 11) is -1.37. The molecular weight excluding hydrogens is 560 g/mol. The lowest BCUT2D eigenvalue weighted by Gasteiger charge is -2.47. The predicted molar refractivity (Wildman–Crippen MR) is 170 cm³/mol. The summed E-state index contributed by atoms with van der Waals surface area (Å²) in [5, 5.41) is 2.09. The van der Waals surface area contributed by atoms with Gasteiger partial charge < -0.3 is 28.1 Å². The van der Waals surface area contributed by atoms with Gasteiger partial charge in [0.15, 0.2) is 12.4 Å². The number of ether oxygens (including phenoxy) is 5. The van der Waals surface area contributed by atoms with Crippen LogP contribution in [0, 0.1) is 0 Å². The maximum absolute atomic E-state index is 12.2. The summed E-state index contributed by atoms with van der Waals surface area (Å²) in [6.45, 7) is 12.6. The van der Waals surface area contributed by atoms with Crippen molar-refractivity contribution in [1.82, 2.24) is 0 Å². The van der Waals surface area contributed by atoms with Crippen LogP contribution in [0.3, 0.4) is 0 Å². The van der Waals surface area contributed by atoms with Crippen molar-refractivity contribution >= 4 is 24.7 Å². The maximum Gasteiger partial charge on any atom is 0.303 e. The van der Waals surface area contributed by atoms with E-state index in [4.69, 9.17) is 28.1 Å². The molecule has 4 rings (SSSR count). The third-order valence-corrected chi connectivity index (χ3v) is 12.7. The minimum Gasteiger partial charge on any atom is -0.454 e. The van der Waals surface area contributed by atoms with Crippen LogP contribution in [0.25, 0.3) is 0 Å². The number of esters is 1. The normalized spacial score (nSPS) is 22.6.